The Bertz CT molecular complexity index is 666. The topological polar surface area (TPSA) is 24.9 Å². The zero-order valence-corrected chi connectivity index (χ0v) is 12.3. The molecular formula is C19H22N2. The van der Waals surface area contributed by atoms with Crippen molar-refractivity contribution in [2.24, 2.45) is 17.8 Å². The van der Waals surface area contributed by atoms with Crippen LogP contribution in [0.25, 0.3) is 10.9 Å². The fourth-order valence-electron chi connectivity index (χ4n) is 5.33. The molecule has 6 rings (SSSR count). The van der Waals surface area contributed by atoms with Gasteiger partial charge in [-0.2, -0.15) is 0 Å². The molecule has 2 aliphatic heterocycles. The van der Waals surface area contributed by atoms with Crippen LogP contribution >= 0.6 is 0 Å². The maximum absolute atomic E-state index is 4.69. The van der Waals surface area contributed by atoms with Crippen LogP contribution in [0.2, 0.25) is 0 Å². The summed E-state index contributed by atoms with van der Waals surface area (Å²) in [6, 6.07) is 12.1. The number of aromatic nitrogens is 1. The summed E-state index contributed by atoms with van der Waals surface area (Å²) in [5.41, 5.74) is 2.52. The molecule has 4 aliphatic rings. The molecule has 21 heavy (non-hydrogen) atoms. The van der Waals surface area contributed by atoms with Gasteiger partial charge in [0.15, 0.2) is 0 Å². The van der Waals surface area contributed by atoms with E-state index >= 15 is 0 Å². The summed E-state index contributed by atoms with van der Waals surface area (Å²) in [7, 11) is 0. The highest BCUT2D eigenvalue weighted by Gasteiger charge is 2.43. The minimum absolute atomic E-state index is 0.530. The minimum atomic E-state index is 0.530. The van der Waals surface area contributed by atoms with E-state index in [2.05, 4.69) is 41.8 Å². The Kier molecular flexibility index (Phi) is 2.63. The summed E-state index contributed by atoms with van der Waals surface area (Å²) in [6.45, 7) is 0. The third-order valence-corrected chi connectivity index (χ3v) is 6.03. The number of para-hydroxylation sites is 1. The standard InChI is InChI=1S/C19H22N2/c1-2-4-18-14(3-1)10-16(11-20-18)19-15-6-12-5-13(7-15)9-17(8-12)21-19/h1-4,10-13,15,17,19,21H,5-9H2/t12-,13+,15?,17?,19?. The van der Waals surface area contributed by atoms with Crippen LogP contribution in [0, 0.1) is 17.8 Å². The van der Waals surface area contributed by atoms with Crippen LogP contribution in [0.15, 0.2) is 36.5 Å². The molecule has 1 aromatic heterocycles. The van der Waals surface area contributed by atoms with Crippen LogP contribution in [0.1, 0.15) is 43.7 Å². The molecule has 1 N–H and O–H groups in total. The molecule has 5 atom stereocenters. The second-order valence-corrected chi connectivity index (χ2v) is 7.47. The van der Waals surface area contributed by atoms with E-state index in [1.165, 1.54) is 43.1 Å². The minimum Gasteiger partial charge on any atom is -0.307 e. The van der Waals surface area contributed by atoms with Gasteiger partial charge in [-0.1, -0.05) is 18.2 Å². The fourth-order valence-corrected chi connectivity index (χ4v) is 5.33. The van der Waals surface area contributed by atoms with Crippen molar-refractivity contribution in [1.82, 2.24) is 10.3 Å². The van der Waals surface area contributed by atoms with E-state index in [1.807, 2.05) is 0 Å². The van der Waals surface area contributed by atoms with Gasteiger partial charge >= 0.3 is 0 Å². The van der Waals surface area contributed by atoms with Gasteiger partial charge in [-0.3, -0.25) is 4.98 Å². The highest BCUT2D eigenvalue weighted by Crippen LogP contribution is 2.50. The summed E-state index contributed by atoms with van der Waals surface area (Å²) in [5, 5.41) is 5.26. The first kappa shape index (κ1) is 12.2. The fraction of sp³-hybridized carbons (Fsp3) is 0.526. The lowest BCUT2D eigenvalue weighted by Gasteiger charge is -2.38. The largest absolute Gasteiger partial charge is 0.307 e. The molecule has 0 amide bonds. The van der Waals surface area contributed by atoms with Crippen LogP contribution in [-0.4, -0.2) is 11.0 Å². The molecule has 3 unspecified atom stereocenters. The van der Waals surface area contributed by atoms with E-state index in [1.54, 1.807) is 0 Å². The first-order valence-electron chi connectivity index (χ1n) is 8.46. The predicted molar refractivity (Wildman–Crippen MR) is 85.0 cm³/mol. The van der Waals surface area contributed by atoms with Crippen molar-refractivity contribution in [2.45, 2.75) is 44.2 Å². The molecule has 0 spiro atoms. The van der Waals surface area contributed by atoms with E-state index in [-0.39, 0.29) is 0 Å². The van der Waals surface area contributed by atoms with Crippen molar-refractivity contribution < 1.29 is 0 Å². The SMILES string of the molecule is c1ccc2ncc(C3NC4C[C@@H]5CC3C[C@H](C4)C5)cc2c1. The smallest absolute Gasteiger partial charge is 0.0702 e. The number of fused-ring (bicyclic) bond motifs is 2. The van der Waals surface area contributed by atoms with Gasteiger partial charge in [-0.05, 0) is 67.6 Å². The Morgan fingerprint density at radius 2 is 1.76 bits per heavy atom. The van der Waals surface area contributed by atoms with Gasteiger partial charge in [0.25, 0.3) is 0 Å². The lowest BCUT2D eigenvalue weighted by molar-refractivity contribution is 0.149. The van der Waals surface area contributed by atoms with Crippen molar-refractivity contribution in [3.8, 4) is 0 Å². The number of nitrogens with zero attached hydrogens (tertiary/aromatic N) is 1. The molecule has 2 saturated carbocycles. The third-order valence-electron chi connectivity index (χ3n) is 6.03. The summed E-state index contributed by atoms with van der Waals surface area (Å²) < 4.78 is 0. The van der Waals surface area contributed by atoms with E-state index < -0.39 is 0 Å². The zero-order chi connectivity index (χ0) is 13.8. The predicted octanol–water partition coefficient (Wildman–Crippen LogP) is 4.07. The molecule has 2 heteroatoms. The van der Waals surface area contributed by atoms with E-state index in [9.17, 15) is 0 Å². The average molecular weight is 278 g/mol. The third kappa shape index (κ3) is 2.00. The van der Waals surface area contributed by atoms with Gasteiger partial charge in [0.2, 0.25) is 0 Å². The van der Waals surface area contributed by atoms with Crippen LogP contribution in [0.5, 0.6) is 0 Å². The summed E-state index contributed by atoms with van der Waals surface area (Å²) >= 11 is 0. The Hall–Kier alpha value is -1.41. The number of pyridine rings is 1. The van der Waals surface area contributed by atoms with Crippen LogP contribution in [-0.2, 0) is 0 Å². The van der Waals surface area contributed by atoms with Crippen molar-refractivity contribution in [2.75, 3.05) is 0 Å². The van der Waals surface area contributed by atoms with Gasteiger partial charge in [0.1, 0.15) is 0 Å². The second kappa shape index (κ2) is 4.54. The molecule has 1 aromatic carbocycles. The van der Waals surface area contributed by atoms with Crippen molar-refractivity contribution in [3.05, 3.63) is 42.1 Å². The highest BCUT2D eigenvalue weighted by atomic mass is 15.0. The van der Waals surface area contributed by atoms with Gasteiger partial charge in [0.05, 0.1) is 5.52 Å². The molecule has 3 heterocycles. The zero-order valence-electron chi connectivity index (χ0n) is 12.3. The quantitative estimate of drug-likeness (QED) is 0.850. The van der Waals surface area contributed by atoms with Gasteiger partial charge in [-0.25, -0.2) is 0 Å². The molecule has 2 nitrogen and oxygen atoms in total. The number of nitrogens with one attached hydrogen (secondary N) is 1. The monoisotopic (exact) mass is 278 g/mol. The molecule has 0 radical (unpaired) electrons. The van der Waals surface area contributed by atoms with Crippen molar-refractivity contribution >= 4 is 10.9 Å². The first-order chi connectivity index (χ1) is 10.3. The summed E-state index contributed by atoms with van der Waals surface area (Å²) in [4.78, 5) is 4.69. The molecule has 2 saturated heterocycles. The highest BCUT2D eigenvalue weighted by molar-refractivity contribution is 5.78. The van der Waals surface area contributed by atoms with E-state index in [0.717, 1.165) is 29.3 Å². The van der Waals surface area contributed by atoms with Crippen LogP contribution < -0.4 is 5.32 Å². The Morgan fingerprint density at radius 3 is 2.62 bits per heavy atom. The Morgan fingerprint density at radius 1 is 0.952 bits per heavy atom. The molecule has 4 bridgehead atoms. The van der Waals surface area contributed by atoms with Gasteiger partial charge in [0, 0.05) is 23.7 Å². The molecular weight excluding hydrogens is 256 g/mol. The lowest BCUT2D eigenvalue weighted by Crippen LogP contribution is -2.34. The van der Waals surface area contributed by atoms with Crippen LogP contribution in [0.3, 0.4) is 0 Å². The Balaban J connectivity index is 1.56. The van der Waals surface area contributed by atoms with Crippen molar-refractivity contribution in [3.63, 3.8) is 0 Å². The maximum Gasteiger partial charge on any atom is 0.0702 e. The van der Waals surface area contributed by atoms with Crippen LogP contribution in [0.4, 0.5) is 0 Å². The molecule has 2 aromatic rings. The first-order valence-corrected chi connectivity index (χ1v) is 8.46. The molecule has 2 aliphatic carbocycles. The van der Waals surface area contributed by atoms with E-state index in [4.69, 9.17) is 4.98 Å². The number of benzene rings is 1. The molecule has 108 valence electrons. The summed E-state index contributed by atoms with van der Waals surface area (Å²) in [5.74, 6) is 2.79. The van der Waals surface area contributed by atoms with Gasteiger partial charge < -0.3 is 5.32 Å². The average Bonchev–Trinajstić information content (AvgIpc) is 2.70. The number of rotatable bonds is 1. The summed E-state index contributed by atoms with van der Waals surface area (Å²) in [6.07, 6.45) is 9.29. The number of hydrogen-bond acceptors (Lipinski definition) is 2. The van der Waals surface area contributed by atoms with Crippen molar-refractivity contribution in [1.29, 1.82) is 0 Å². The normalized spacial score (nSPS) is 37.8. The lowest BCUT2D eigenvalue weighted by atomic mass is 9.67. The number of hydrogen-bond donors (Lipinski definition) is 1. The maximum atomic E-state index is 4.69. The van der Waals surface area contributed by atoms with Gasteiger partial charge in [-0.15, -0.1) is 0 Å². The Labute approximate surface area is 126 Å². The second-order valence-electron chi connectivity index (χ2n) is 7.47. The molecule has 4 fully saturated rings. The van der Waals surface area contributed by atoms with E-state index in [0.29, 0.717) is 6.04 Å².